The quantitative estimate of drug-likeness (QED) is 0.867. The molecule has 2 aromatic carbocycles. The maximum Gasteiger partial charge on any atom is 0.251 e. The molecule has 0 unspecified atom stereocenters. The molecule has 5 nitrogen and oxygen atoms in total. The molecule has 2 aliphatic carbocycles. The lowest BCUT2D eigenvalue weighted by molar-refractivity contribution is 0.0953. The third kappa shape index (κ3) is 2.57. The molecular formula is C23H21N3O2. The predicted octanol–water partition coefficient (Wildman–Crippen LogP) is 2.73. The summed E-state index contributed by atoms with van der Waals surface area (Å²) in [6.07, 6.45) is 0.641. The number of amides is 1. The van der Waals surface area contributed by atoms with Crippen molar-refractivity contribution in [2.75, 3.05) is 13.1 Å². The zero-order valence-electron chi connectivity index (χ0n) is 15.9. The van der Waals surface area contributed by atoms with Gasteiger partial charge in [0.1, 0.15) is 0 Å². The molecule has 0 atom stereocenters. The molecule has 0 bridgehead atoms. The highest BCUT2D eigenvalue weighted by atomic mass is 16.1. The van der Waals surface area contributed by atoms with Crippen LogP contribution in [-0.4, -0.2) is 24.8 Å². The maximum atomic E-state index is 13.3. The number of nitrogens with zero attached hydrogens (tertiary/aromatic N) is 1. The van der Waals surface area contributed by atoms with Gasteiger partial charge in [0.2, 0.25) is 0 Å². The zero-order chi connectivity index (χ0) is 20.1. The van der Waals surface area contributed by atoms with Crippen molar-refractivity contribution < 1.29 is 9.59 Å². The van der Waals surface area contributed by atoms with Gasteiger partial charge in [0.05, 0.1) is 11.6 Å². The van der Waals surface area contributed by atoms with Crippen LogP contribution in [0.25, 0.3) is 5.57 Å². The highest BCUT2D eigenvalue weighted by molar-refractivity contribution is 6.33. The van der Waals surface area contributed by atoms with Crippen LogP contribution >= 0.6 is 0 Å². The van der Waals surface area contributed by atoms with Crippen LogP contribution in [0.15, 0.2) is 42.0 Å². The van der Waals surface area contributed by atoms with Crippen molar-refractivity contribution in [1.82, 2.24) is 5.32 Å². The second-order valence-corrected chi connectivity index (χ2v) is 7.77. The monoisotopic (exact) mass is 371 g/mol. The minimum Gasteiger partial charge on any atom is -0.351 e. The van der Waals surface area contributed by atoms with Crippen molar-refractivity contribution in [2.24, 2.45) is 5.73 Å². The first-order chi connectivity index (χ1) is 13.4. The van der Waals surface area contributed by atoms with Crippen molar-refractivity contribution in [3.8, 4) is 6.07 Å². The minimum absolute atomic E-state index is 0.0123. The molecule has 140 valence electrons. The summed E-state index contributed by atoms with van der Waals surface area (Å²) < 4.78 is 0. The van der Waals surface area contributed by atoms with E-state index in [9.17, 15) is 14.9 Å². The molecule has 3 N–H and O–H groups in total. The number of carbonyl (C=O) groups is 2. The molecule has 0 saturated heterocycles. The van der Waals surface area contributed by atoms with Crippen molar-refractivity contribution in [2.45, 2.75) is 25.7 Å². The smallest absolute Gasteiger partial charge is 0.251 e. The number of benzene rings is 2. The van der Waals surface area contributed by atoms with Crippen LogP contribution in [0.5, 0.6) is 0 Å². The van der Waals surface area contributed by atoms with E-state index in [0.717, 1.165) is 27.8 Å². The van der Waals surface area contributed by atoms with Crippen LogP contribution < -0.4 is 11.1 Å². The number of nitrogens with two attached hydrogens (primary N) is 1. The summed E-state index contributed by atoms with van der Waals surface area (Å²) in [4.78, 5) is 25.7. The van der Waals surface area contributed by atoms with E-state index in [1.807, 2.05) is 18.2 Å². The molecule has 4 rings (SSSR count). The molecule has 5 heteroatoms. The largest absolute Gasteiger partial charge is 0.351 e. The van der Waals surface area contributed by atoms with Gasteiger partial charge in [-0.3, -0.25) is 9.59 Å². The number of nitrogens with one attached hydrogen (secondary N) is 1. The van der Waals surface area contributed by atoms with E-state index in [-0.39, 0.29) is 11.7 Å². The molecule has 28 heavy (non-hydrogen) atoms. The Kier molecular flexibility index (Phi) is 4.17. The summed E-state index contributed by atoms with van der Waals surface area (Å²) in [6.45, 7) is 4.96. The van der Waals surface area contributed by atoms with E-state index in [2.05, 4.69) is 25.2 Å². The Balaban J connectivity index is 1.81. The number of Topliss-reactive ketones (excluding diaryl/α,β-unsaturated/α-hetero) is 1. The van der Waals surface area contributed by atoms with Crippen LogP contribution in [0, 0.1) is 11.3 Å². The van der Waals surface area contributed by atoms with Gasteiger partial charge in [0, 0.05) is 35.2 Å². The summed E-state index contributed by atoms with van der Waals surface area (Å²) in [6, 6.07) is 12.9. The average Bonchev–Trinajstić information content (AvgIpc) is 3.10. The Bertz CT molecular complexity index is 1100. The number of carbonyl (C=O) groups excluding carboxylic acids is 2. The molecule has 0 heterocycles. The second kappa shape index (κ2) is 6.43. The molecule has 0 saturated carbocycles. The second-order valence-electron chi connectivity index (χ2n) is 7.77. The lowest BCUT2D eigenvalue weighted by atomic mass is 9.68. The number of rotatable bonds is 3. The number of hydrogen-bond acceptors (Lipinski definition) is 4. The summed E-state index contributed by atoms with van der Waals surface area (Å²) in [5.74, 6) is -0.202. The van der Waals surface area contributed by atoms with Gasteiger partial charge in [0.25, 0.3) is 5.91 Å². The number of allylic oxidation sites excluding steroid dienone is 2. The van der Waals surface area contributed by atoms with Gasteiger partial charge in [-0.15, -0.1) is 0 Å². The fraction of sp³-hybridized carbons (Fsp3) is 0.261. The predicted molar refractivity (Wildman–Crippen MR) is 107 cm³/mol. The number of fused-ring (bicyclic) bond motifs is 3. The van der Waals surface area contributed by atoms with Gasteiger partial charge >= 0.3 is 0 Å². The van der Waals surface area contributed by atoms with Crippen molar-refractivity contribution in [1.29, 1.82) is 5.26 Å². The Morgan fingerprint density at radius 2 is 1.96 bits per heavy atom. The summed E-state index contributed by atoms with van der Waals surface area (Å²) in [7, 11) is 0. The van der Waals surface area contributed by atoms with Crippen LogP contribution in [0.2, 0.25) is 0 Å². The van der Waals surface area contributed by atoms with E-state index in [1.54, 1.807) is 18.2 Å². The first-order valence-corrected chi connectivity index (χ1v) is 9.33. The first kappa shape index (κ1) is 18.1. The van der Waals surface area contributed by atoms with Gasteiger partial charge in [0.15, 0.2) is 5.78 Å². The van der Waals surface area contributed by atoms with E-state index >= 15 is 0 Å². The van der Waals surface area contributed by atoms with E-state index in [0.29, 0.717) is 36.2 Å². The Hall–Kier alpha value is -3.23. The van der Waals surface area contributed by atoms with Crippen molar-refractivity contribution in [3.63, 3.8) is 0 Å². The van der Waals surface area contributed by atoms with Crippen molar-refractivity contribution >= 4 is 17.3 Å². The average molecular weight is 371 g/mol. The highest BCUT2D eigenvalue weighted by Crippen LogP contribution is 2.49. The maximum absolute atomic E-state index is 13.3. The van der Waals surface area contributed by atoms with Gasteiger partial charge in [-0.2, -0.15) is 5.26 Å². The Morgan fingerprint density at radius 3 is 2.68 bits per heavy atom. The van der Waals surface area contributed by atoms with Gasteiger partial charge in [-0.25, -0.2) is 0 Å². The Morgan fingerprint density at radius 1 is 1.21 bits per heavy atom. The van der Waals surface area contributed by atoms with Crippen LogP contribution in [0.3, 0.4) is 0 Å². The molecule has 2 aromatic rings. The fourth-order valence-corrected chi connectivity index (χ4v) is 4.27. The number of hydrogen-bond donors (Lipinski definition) is 2. The summed E-state index contributed by atoms with van der Waals surface area (Å²) >= 11 is 0. The van der Waals surface area contributed by atoms with Gasteiger partial charge in [-0.05, 0) is 59.0 Å². The highest BCUT2D eigenvalue weighted by Gasteiger charge is 2.42. The molecule has 1 amide bonds. The molecule has 0 radical (unpaired) electrons. The number of ketones is 1. The topological polar surface area (TPSA) is 96.0 Å². The molecular weight excluding hydrogens is 350 g/mol. The van der Waals surface area contributed by atoms with E-state index < -0.39 is 5.41 Å². The van der Waals surface area contributed by atoms with Crippen LogP contribution in [0.4, 0.5) is 0 Å². The normalized spacial score (nSPS) is 16.1. The Labute approximate surface area is 163 Å². The van der Waals surface area contributed by atoms with E-state index in [4.69, 9.17) is 5.73 Å². The molecule has 0 aliphatic heterocycles. The third-order valence-corrected chi connectivity index (χ3v) is 5.78. The first-order valence-electron chi connectivity index (χ1n) is 9.33. The molecule has 0 spiro atoms. The standard InChI is InChI=1S/C23H21N3O2/c1-23(2)18-10-14(22(28)26-8-7-24)4-6-17(18)21(27)20-16-5-3-13(12-25)9-15(16)11-19(20)23/h3-6,9-10H,7-8,11,24H2,1-2H3,(H,26,28). The summed E-state index contributed by atoms with van der Waals surface area (Å²) in [5, 5.41) is 12.0. The van der Waals surface area contributed by atoms with Gasteiger partial charge in [-0.1, -0.05) is 19.9 Å². The third-order valence-electron chi connectivity index (χ3n) is 5.78. The zero-order valence-corrected chi connectivity index (χ0v) is 15.9. The molecule has 0 aromatic heterocycles. The van der Waals surface area contributed by atoms with E-state index in [1.165, 1.54) is 0 Å². The van der Waals surface area contributed by atoms with Crippen LogP contribution in [-0.2, 0) is 11.8 Å². The fourth-order valence-electron chi connectivity index (χ4n) is 4.27. The minimum atomic E-state index is -0.394. The molecule has 2 aliphatic rings. The lowest BCUT2D eigenvalue weighted by Crippen LogP contribution is -2.32. The summed E-state index contributed by atoms with van der Waals surface area (Å²) in [5.41, 5.74) is 11.4. The SMILES string of the molecule is CC1(C)C2=C(C(=O)c3ccc(C(=O)NCCN)cc31)c1ccc(C#N)cc1C2. The number of nitriles is 1. The lowest BCUT2D eigenvalue weighted by Gasteiger charge is -2.34. The van der Waals surface area contributed by atoms with Gasteiger partial charge < -0.3 is 11.1 Å². The van der Waals surface area contributed by atoms with Crippen molar-refractivity contribution in [3.05, 3.63) is 75.4 Å². The van der Waals surface area contributed by atoms with Crippen LogP contribution in [0.1, 0.15) is 56.8 Å². The molecule has 0 fully saturated rings.